The highest BCUT2D eigenvalue weighted by atomic mass is 16.4. The van der Waals surface area contributed by atoms with Crippen molar-refractivity contribution in [3.63, 3.8) is 0 Å². The Labute approximate surface area is 92.5 Å². The minimum atomic E-state index is -2.32. The Bertz CT molecular complexity index is 332. The fourth-order valence-corrected chi connectivity index (χ4v) is 2.07. The molecule has 6 nitrogen and oxygen atoms in total. The van der Waals surface area contributed by atoms with Crippen LogP contribution < -0.4 is 0 Å². The first-order chi connectivity index (χ1) is 7.21. The molecule has 92 valence electrons. The molecule has 0 bridgehead atoms. The van der Waals surface area contributed by atoms with Crippen LogP contribution in [0.15, 0.2) is 11.1 Å². The molecule has 1 fully saturated rings. The van der Waals surface area contributed by atoms with Crippen molar-refractivity contribution in [1.82, 2.24) is 0 Å². The van der Waals surface area contributed by atoms with E-state index in [1.165, 1.54) is 13.8 Å². The number of carboxylic acid groups (broad SMARTS) is 1. The zero-order valence-corrected chi connectivity index (χ0v) is 9.08. The van der Waals surface area contributed by atoms with Crippen LogP contribution in [0.2, 0.25) is 0 Å². The third-order valence-corrected chi connectivity index (χ3v) is 2.86. The van der Waals surface area contributed by atoms with Crippen molar-refractivity contribution in [2.75, 3.05) is 0 Å². The van der Waals surface area contributed by atoms with Crippen molar-refractivity contribution >= 4 is 5.97 Å². The van der Waals surface area contributed by atoms with Crippen LogP contribution in [0.3, 0.4) is 0 Å². The zero-order valence-electron chi connectivity index (χ0n) is 9.08. The number of rotatable bonds is 1. The predicted molar refractivity (Wildman–Crippen MR) is 53.6 cm³/mol. The summed E-state index contributed by atoms with van der Waals surface area (Å²) in [5, 5.41) is 47.4. The van der Waals surface area contributed by atoms with Crippen molar-refractivity contribution in [2.24, 2.45) is 0 Å². The molecule has 5 N–H and O–H groups in total. The average molecular weight is 232 g/mol. The van der Waals surface area contributed by atoms with Crippen molar-refractivity contribution in [3.05, 3.63) is 11.1 Å². The second-order valence-corrected chi connectivity index (χ2v) is 4.29. The van der Waals surface area contributed by atoms with Gasteiger partial charge in [0.1, 0.15) is 12.2 Å². The van der Waals surface area contributed by atoms with Crippen LogP contribution in [0, 0.1) is 0 Å². The van der Waals surface area contributed by atoms with Crippen LogP contribution in [0.5, 0.6) is 0 Å². The second-order valence-electron chi connectivity index (χ2n) is 4.29. The molecular formula is C10H16O6. The molecular weight excluding hydrogens is 216 g/mol. The first-order valence-corrected chi connectivity index (χ1v) is 4.89. The van der Waals surface area contributed by atoms with E-state index in [0.29, 0.717) is 5.57 Å². The minimum Gasteiger partial charge on any atom is -0.479 e. The lowest BCUT2D eigenvalue weighted by molar-refractivity contribution is -0.170. The Kier molecular flexibility index (Phi) is 3.39. The Balaban J connectivity index is 3.28. The molecule has 0 aliphatic heterocycles. The number of aliphatic hydroxyl groups excluding tert-OH is 3. The maximum atomic E-state index is 11.0. The molecule has 6 heteroatoms. The lowest BCUT2D eigenvalue weighted by Gasteiger charge is -2.40. The topological polar surface area (TPSA) is 118 Å². The van der Waals surface area contributed by atoms with E-state index in [4.69, 9.17) is 5.11 Å². The Morgan fingerprint density at radius 3 is 2.19 bits per heavy atom. The molecule has 1 saturated carbocycles. The fraction of sp³-hybridized carbons (Fsp3) is 0.700. The third kappa shape index (κ3) is 1.84. The molecule has 2 unspecified atom stereocenters. The van der Waals surface area contributed by atoms with E-state index >= 15 is 0 Å². The Morgan fingerprint density at radius 2 is 1.81 bits per heavy atom. The van der Waals surface area contributed by atoms with E-state index in [9.17, 15) is 25.2 Å². The van der Waals surface area contributed by atoms with Gasteiger partial charge in [0.2, 0.25) is 0 Å². The molecule has 16 heavy (non-hydrogen) atoms. The first kappa shape index (κ1) is 13.1. The molecule has 0 saturated heterocycles. The zero-order chi connectivity index (χ0) is 12.7. The molecule has 0 amide bonds. The van der Waals surface area contributed by atoms with Crippen molar-refractivity contribution in [2.45, 2.75) is 44.2 Å². The highest BCUT2D eigenvalue weighted by Gasteiger charge is 2.52. The number of allylic oxidation sites excluding steroid dienone is 1. The van der Waals surface area contributed by atoms with Crippen LogP contribution in [0.25, 0.3) is 0 Å². The molecule has 1 rings (SSSR count). The number of aliphatic hydroxyl groups is 4. The lowest BCUT2D eigenvalue weighted by atomic mass is 9.73. The summed E-state index contributed by atoms with van der Waals surface area (Å²) in [5.74, 6) is -1.55. The van der Waals surface area contributed by atoms with Gasteiger partial charge in [-0.3, -0.25) is 0 Å². The molecule has 0 aromatic carbocycles. The van der Waals surface area contributed by atoms with Crippen molar-refractivity contribution in [3.8, 4) is 0 Å². The summed E-state index contributed by atoms with van der Waals surface area (Å²) in [7, 11) is 0. The van der Waals surface area contributed by atoms with Gasteiger partial charge in [-0.15, -0.1) is 0 Å². The highest BCUT2D eigenvalue weighted by Crippen LogP contribution is 2.36. The van der Waals surface area contributed by atoms with Gasteiger partial charge in [-0.2, -0.15) is 0 Å². The van der Waals surface area contributed by atoms with E-state index in [-0.39, 0.29) is 5.57 Å². The maximum absolute atomic E-state index is 11.0. The van der Waals surface area contributed by atoms with Gasteiger partial charge < -0.3 is 25.5 Å². The lowest BCUT2D eigenvalue weighted by Crippen LogP contribution is -2.58. The van der Waals surface area contributed by atoms with E-state index in [1.807, 2.05) is 0 Å². The standard InChI is InChI=1S/C10H16O6/c1-4(2)6-8(13)7(12)5(11)3-10(6,16)9(14)15/h5,7-8,11-13,16H,3H2,1-2H3,(H,14,15)/t5-,7?,8-,10?/m1/s1. The fourth-order valence-electron chi connectivity index (χ4n) is 2.07. The summed E-state index contributed by atoms with van der Waals surface area (Å²) in [4.78, 5) is 11.0. The van der Waals surface area contributed by atoms with Gasteiger partial charge >= 0.3 is 5.97 Å². The first-order valence-electron chi connectivity index (χ1n) is 4.89. The van der Waals surface area contributed by atoms with Gasteiger partial charge in [-0.05, 0) is 13.8 Å². The molecule has 0 aromatic heterocycles. The van der Waals surface area contributed by atoms with Gasteiger partial charge in [-0.25, -0.2) is 4.79 Å². The molecule has 0 spiro atoms. The van der Waals surface area contributed by atoms with Crippen LogP contribution in [0.1, 0.15) is 20.3 Å². The molecule has 1 aliphatic carbocycles. The summed E-state index contributed by atoms with van der Waals surface area (Å²) in [6.45, 7) is 3.05. The molecule has 0 heterocycles. The number of carbonyl (C=O) groups is 1. The maximum Gasteiger partial charge on any atom is 0.340 e. The summed E-state index contributed by atoms with van der Waals surface area (Å²) in [6.07, 6.45) is -5.07. The highest BCUT2D eigenvalue weighted by molar-refractivity contribution is 5.82. The molecule has 1 aliphatic rings. The Hall–Kier alpha value is -0.950. The van der Waals surface area contributed by atoms with Crippen LogP contribution >= 0.6 is 0 Å². The number of aliphatic carboxylic acids is 1. The molecule has 0 aromatic rings. The average Bonchev–Trinajstić information content (AvgIpc) is 2.13. The number of hydrogen-bond donors (Lipinski definition) is 5. The summed E-state index contributed by atoms with van der Waals surface area (Å²) in [5.41, 5.74) is -2.07. The van der Waals surface area contributed by atoms with E-state index < -0.39 is 36.3 Å². The predicted octanol–water partition coefficient (Wildman–Crippen LogP) is -1.38. The second kappa shape index (κ2) is 4.14. The van der Waals surface area contributed by atoms with E-state index in [2.05, 4.69) is 0 Å². The van der Waals surface area contributed by atoms with Gasteiger partial charge in [0, 0.05) is 12.0 Å². The van der Waals surface area contributed by atoms with E-state index in [1.54, 1.807) is 0 Å². The van der Waals surface area contributed by atoms with Gasteiger partial charge in [-0.1, -0.05) is 5.57 Å². The van der Waals surface area contributed by atoms with Crippen LogP contribution in [0.4, 0.5) is 0 Å². The van der Waals surface area contributed by atoms with Crippen molar-refractivity contribution < 1.29 is 30.3 Å². The van der Waals surface area contributed by atoms with E-state index in [0.717, 1.165) is 0 Å². The largest absolute Gasteiger partial charge is 0.479 e. The normalized spacial score (nSPS) is 39.6. The summed E-state index contributed by atoms with van der Waals surface area (Å²) < 4.78 is 0. The Morgan fingerprint density at radius 1 is 1.31 bits per heavy atom. The monoisotopic (exact) mass is 232 g/mol. The van der Waals surface area contributed by atoms with Crippen LogP contribution in [-0.2, 0) is 4.79 Å². The summed E-state index contributed by atoms with van der Waals surface area (Å²) in [6, 6.07) is 0. The van der Waals surface area contributed by atoms with Crippen LogP contribution in [-0.4, -0.2) is 55.4 Å². The molecule has 0 radical (unpaired) electrons. The van der Waals surface area contributed by atoms with Crippen molar-refractivity contribution in [1.29, 1.82) is 0 Å². The number of hydrogen-bond acceptors (Lipinski definition) is 5. The minimum absolute atomic E-state index is 0.155. The number of carboxylic acids is 1. The van der Waals surface area contributed by atoms with Gasteiger partial charge in [0.25, 0.3) is 0 Å². The SMILES string of the molecule is CC(C)=C1[C@@H](O)C(O)[C@H](O)CC1(O)C(=O)O. The third-order valence-electron chi connectivity index (χ3n) is 2.86. The summed E-state index contributed by atoms with van der Waals surface area (Å²) >= 11 is 0. The van der Waals surface area contributed by atoms with Gasteiger partial charge in [0.15, 0.2) is 5.60 Å². The van der Waals surface area contributed by atoms with Gasteiger partial charge in [0.05, 0.1) is 6.10 Å². The molecule has 4 atom stereocenters. The quantitative estimate of drug-likeness (QED) is 0.356. The smallest absolute Gasteiger partial charge is 0.340 e.